The van der Waals surface area contributed by atoms with E-state index in [9.17, 15) is 14.0 Å². The molecule has 30 heavy (non-hydrogen) atoms. The molecule has 2 atom stereocenters. The number of rotatable bonds is 11. The van der Waals surface area contributed by atoms with Gasteiger partial charge in [0.25, 0.3) is 0 Å². The highest BCUT2D eigenvalue weighted by atomic mass is 32.1. The molecule has 1 saturated heterocycles. The van der Waals surface area contributed by atoms with E-state index in [-0.39, 0.29) is 17.5 Å². The van der Waals surface area contributed by atoms with Crippen molar-refractivity contribution in [1.82, 2.24) is 0 Å². The molecule has 0 radical (unpaired) electrons. The molecule has 162 valence electrons. The number of anilines is 1. The number of halogens is 1. The Kier molecular flexibility index (Phi) is 7.99. The van der Waals surface area contributed by atoms with Gasteiger partial charge in [-0.3, -0.25) is 4.79 Å². The first-order valence-electron chi connectivity index (χ1n) is 10.4. The lowest BCUT2D eigenvalue weighted by Crippen LogP contribution is -2.36. The zero-order chi connectivity index (χ0) is 21.5. The van der Waals surface area contributed by atoms with Crippen LogP contribution < -0.4 is 4.90 Å². The molecule has 5 nitrogen and oxygen atoms in total. The van der Waals surface area contributed by atoms with E-state index in [1.807, 2.05) is 12.1 Å². The van der Waals surface area contributed by atoms with Gasteiger partial charge >= 0.3 is 5.97 Å². The van der Waals surface area contributed by atoms with Crippen molar-refractivity contribution in [2.45, 2.75) is 64.3 Å². The first kappa shape index (κ1) is 22.4. The van der Waals surface area contributed by atoms with Gasteiger partial charge in [-0.05, 0) is 36.6 Å². The van der Waals surface area contributed by atoms with Gasteiger partial charge in [0.15, 0.2) is 0 Å². The van der Waals surface area contributed by atoms with E-state index in [1.54, 1.807) is 28.5 Å². The summed E-state index contributed by atoms with van der Waals surface area (Å²) in [5, 5.41) is 10.6. The molecule has 0 unspecified atom stereocenters. The van der Waals surface area contributed by atoms with Gasteiger partial charge < -0.3 is 14.7 Å². The number of alkyl halides is 1. The molecule has 1 aromatic carbocycles. The smallest absolute Gasteiger partial charge is 0.336 e. The maximum atomic E-state index is 14.4. The molecule has 1 aliphatic rings. The number of carbonyl (C=O) groups is 2. The second-order valence-electron chi connectivity index (χ2n) is 7.63. The summed E-state index contributed by atoms with van der Waals surface area (Å²) < 4.78 is 20.1. The minimum atomic E-state index is -0.972. The third-order valence-corrected chi connectivity index (χ3v) is 6.28. The molecule has 0 spiro atoms. The molecule has 0 bridgehead atoms. The lowest BCUT2D eigenvalue weighted by Gasteiger charge is -2.25. The second kappa shape index (κ2) is 10.7. The lowest BCUT2D eigenvalue weighted by atomic mass is 10.0. The molecule has 0 aliphatic carbocycles. The highest BCUT2D eigenvalue weighted by molar-refractivity contribution is 7.10. The van der Waals surface area contributed by atoms with Crippen LogP contribution in [0.4, 0.5) is 10.1 Å². The Morgan fingerprint density at radius 2 is 2.10 bits per heavy atom. The fourth-order valence-electron chi connectivity index (χ4n) is 3.70. The van der Waals surface area contributed by atoms with Crippen LogP contribution in [0.25, 0.3) is 0 Å². The van der Waals surface area contributed by atoms with Crippen LogP contribution in [0.15, 0.2) is 35.7 Å². The third kappa shape index (κ3) is 5.67. The minimum Gasteiger partial charge on any atom is -0.478 e. The number of unbranched alkanes of at least 4 members (excludes halogenated alkanes) is 2. The summed E-state index contributed by atoms with van der Waals surface area (Å²) in [5.74, 6) is -0.908. The lowest BCUT2D eigenvalue weighted by molar-refractivity contribution is -0.117. The predicted molar refractivity (Wildman–Crippen MR) is 116 cm³/mol. The predicted octanol–water partition coefficient (Wildman–Crippen LogP) is 5.75. The number of benzene rings is 1. The highest BCUT2D eigenvalue weighted by Gasteiger charge is 2.32. The fraction of sp³-hybridized carbons (Fsp3) is 0.478. The Bertz CT molecular complexity index is 851. The number of carboxylic acids is 1. The Morgan fingerprint density at radius 3 is 2.77 bits per heavy atom. The Labute approximate surface area is 180 Å². The standard InChI is InChI=1S/C23H28FNO4S/c1-2-3-4-5-21(24)16-6-8-18(9-7-16)25-19(10-11-22(25)26)13-29-14-20-12-17(15-30-20)23(27)28/h6-9,12,15,19,21H,2-5,10-11,13-14H2,1H3,(H,27,28)/t19-,21-/m1/s1. The quantitative estimate of drug-likeness (QED) is 0.458. The van der Waals surface area contributed by atoms with Crippen molar-refractivity contribution in [2.75, 3.05) is 11.5 Å². The number of hydrogen-bond donors (Lipinski definition) is 1. The van der Waals surface area contributed by atoms with Gasteiger partial charge in [0.05, 0.1) is 24.8 Å². The van der Waals surface area contributed by atoms with E-state index in [0.29, 0.717) is 38.0 Å². The van der Waals surface area contributed by atoms with Crippen molar-refractivity contribution >= 4 is 28.9 Å². The van der Waals surface area contributed by atoms with Crippen LogP contribution in [0, 0.1) is 0 Å². The van der Waals surface area contributed by atoms with Crippen LogP contribution in [0.5, 0.6) is 0 Å². The van der Waals surface area contributed by atoms with E-state index >= 15 is 0 Å². The number of aromatic carboxylic acids is 1. The van der Waals surface area contributed by atoms with E-state index < -0.39 is 12.1 Å². The van der Waals surface area contributed by atoms with Crippen molar-refractivity contribution in [2.24, 2.45) is 0 Å². The summed E-state index contributed by atoms with van der Waals surface area (Å²) in [4.78, 5) is 26.0. The molecule has 3 rings (SSSR count). The minimum absolute atomic E-state index is 0.0420. The number of hydrogen-bond acceptors (Lipinski definition) is 4. The van der Waals surface area contributed by atoms with E-state index in [0.717, 1.165) is 29.8 Å². The summed E-state index contributed by atoms with van der Waals surface area (Å²) in [5.41, 5.74) is 1.68. The van der Waals surface area contributed by atoms with Gasteiger partial charge in [-0.2, -0.15) is 0 Å². The first-order chi connectivity index (χ1) is 14.5. The average Bonchev–Trinajstić information content (AvgIpc) is 3.35. The molecule has 1 aromatic heterocycles. The number of nitrogens with zero attached hydrogens (tertiary/aromatic N) is 1. The van der Waals surface area contributed by atoms with Crippen LogP contribution in [-0.2, 0) is 16.1 Å². The molecule has 2 heterocycles. The van der Waals surface area contributed by atoms with Crippen molar-refractivity contribution in [1.29, 1.82) is 0 Å². The molecular weight excluding hydrogens is 405 g/mol. The second-order valence-corrected chi connectivity index (χ2v) is 8.63. The Hall–Kier alpha value is -2.25. The van der Waals surface area contributed by atoms with Crippen molar-refractivity contribution in [3.63, 3.8) is 0 Å². The van der Waals surface area contributed by atoms with Gasteiger partial charge in [0.2, 0.25) is 5.91 Å². The molecular formula is C23H28FNO4S. The normalized spacial score (nSPS) is 17.5. The highest BCUT2D eigenvalue weighted by Crippen LogP contribution is 2.30. The summed E-state index contributed by atoms with van der Waals surface area (Å²) >= 11 is 1.35. The third-order valence-electron chi connectivity index (χ3n) is 5.37. The molecule has 0 saturated carbocycles. The SMILES string of the molecule is CCCCC[C@@H](F)c1ccc(N2C(=O)CC[C@@H]2COCc2cc(C(=O)O)cs2)cc1. The molecule has 2 aromatic rings. The summed E-state index contributed by atoms with van der Waals surface area (Å²) in [6.07, 6.45) is 3.69. The maximum absolute atomic E-state index is 14.4. The van der Waals surface area contributed by atoms with Crippen molar-refractivity contribution in [3.05, 3.63) is 51.7 Å². The zero-order valence-corrected chi connectivity index (χ0v) is 18.0. The molecule has 1 amide bonds. The van der Waals surface area contributed by atoms with E-state index in [1.165, 1.54) is 11.3 Å². The first-order valence-corrected chi connectivity index (χ1v) is 11.3. The number of ether oxygens (including phenoxy) is 1. The Morgan fingerprint density at radius 1 is 1.33 bits per heavy atom. The monoisotopic (exact) mass is 433 g/mol. The molecule has 1 fully saturated rings. The number of carboxylic acid groups (broad SMARTS) is 1. The number of carbonyl (C=O) groups excluding carboxylic acids is 1. The van der Waals surface area contributed by atoms with Crippen molar-refractivity contribution in [3.8, 4) is 0 Å². The van der Waals surface area contributed by atoms with Gasteiger partial charge in [0.1, 0.15) is 6.17 Å². The molecule has 1 N–H and O–H groups in total. The van der Waals surface area contributed by atoms with E-state index in [4.69, 9.17) is 9.84 Å². The molecule has 1 aliphatic heterocycles. The summed E-state index contributed by atoms with van der Waals surface area (Å²) in [6, 6.07) is 8.71. The number of amides is 1. The van der Waals surface area contributed by atoms with Crippen molar-refractivity contribution < 1.29 is 23.8 Å². The molecule has 7 heteroatoms. The van der Waals surface area contributed by atoms with Gasteiger partial charge in [-0.1, -0.05) is 38.3 Å². The van der Waals surface area contributed by atoms with Gasteiger partial charge in [-0.25, -0.2) is 9.18 Å². The topological polar surface area (TPSA) is 66.8 Å². The van der Waals surface area contributed by atoms with Gasteiger partial charge in [0, 0.05) is 22.4 Å². The summed E-state index contributed by atoms with van der Waals surface area (Å²) in [7, 11) is 0. The van der Waals surface area contributed by atoms with Crippen LogP contribution >= 0.6 is 11.3 Å². The number of thiophene rings is 1. The van der Waals surface area contributed by atoms with Gasteiger partial charge in [-0.15, -0.1) is 11.3 Å². The van der Waals surface area contributed by atoms with Crippen LogP contribution in [-0.4, -0.2) is 29.6 Å². The average molecular weight is 434 g/mol. The maximum Gasteiger partial charge on any atom is 0.336 e. The van der Waals surface area contributed by atoms with Crippen LogP contribution in [0.3, 0.4) is 0 Å². The largest absolute Gasteiger partial charge is 0.478 e. The fourth-order valence-corrected chi connectivity index (χ4v) is 4.50. The summed E-state index contributed by atoms with van der Waals surface area (Å²) in [6.45, 7) is 2.79. The van der Waals surface area contributed by atoms with Crippen LogP contribution in [0.2, 0.25) is 0 Å². The van der Waals surface area contributed by atoms with E-state index in [2.05, 4.69) is 6.92 Å². The van der Waals surface area contributed by atoms with Crippen LogP contribution in [0.1, 0.15) is 72.4 Å². The zero-order valence-electron chi connectivity index (χ0n) is 17.2. The Balaban J connectivity index is 1.56.